The number of para-hydroxylation sites is 2. The minimum absolute atomic E-state index is 0.238. The summed E-state index contributed by atoms with van der Waals surface area (Å²) < 4.78 is 2.25. The van der Waals surface area contributed by atoms with Crippen molar-refractivity contribution in [3.63, 3.8) is 0 Å². The van der Waals surface area contributed by atoms with Crippen molar-refractivity contribution in [2.24, 2.45) is 24.8 Å². The highest BCUT2D eigenvalue weighted by Crippen LogP contribution is 2.53. The van der Waals surface area contributed by atoms with Crippen LogP contribution in [0.1, 0.15) is 90.3 Å². The number of hydrogen-bond acceptors (Lipinski definition) is 2. The molecule has 3 nitrogen and oxygen atoms in total. The quantitative estimate of drug-likeness (QED) is 0.305. The van der Waals surface area contributed by atoms with Gasteiger partial charge in [-0.15, -0.1) is 0 Å². The van der Waals surface area contributed by atoms with Gasteiger partial charge in [0.15, 0.2) is 0 Å². The Morgan fingerprint density at radius 1 is 1.09 bits per heavy atom. The average Bonchev–Trinajstić information content (AvgIpc) is 3.52. The maximum atomic E-state index is 12.9. The molecule has 0 aliphatic heterocycles. The number of hydrogen-bond donors (Lipinski definition) is 0. The Balaban J connectivity index is 1.44. The van der Waals surface area contributed by atoms with Crippen LogP contribution in [-0.2, 0) is 11.8 Å². The summed E-state index contributed by atoms with van der Waals surface area (Å²) in [7, 11) is 2.14. The van der Waals surface area contributed by atoms with Gasteiger partial charge in [-0.3, -0.25) is 4.79 Å². The zero-order valence-corrected chi connectivity index (χ0v) is 20.3. The Labute approximate surface area is 194 Å². The molecular weight excluding hydrogens is 392 g/mol. The second kappa shape index (κ2) is 10.6. The molecule has 0 N–H and O–H groups in total. The maximum Gasteiger partial charge on any atom is 0.137 e. The molecule has 3 heteroatoms. The third kappa shape index (κ3) is 5.24. The number of fused-ring (bicyclic) bond motifs is 2. The van der Waals surface area contributed by atoms with Crippen LogP contribution >= 0.6 is 0 Å². The Morgan fingerprint density at radius 3 is 2.69 bits per heavy atom. The van der Waals surface area contributed by atoms with E-state index in [2.05, 4.69) is 61.9 Å². The lowest BCUT2D eigenvalue weighted by Gasteiger charge is -2.18. The SMILES string of the molecule is CCCCCCC(=O)[C@@H](CCCC)CCC1=CC2CC2C(c2nc3ccccc3n2C)=C1. The molecule has 3 atom stereocenters. The molecule has 1 saturated carbocycles. The molecule has 0 saturated heterocycles. The third-order valence-corrected chi connectivity index (χ3v) is 7.47. The lowest BCUT2D eigenvalue weighted by molar-refractivity contribution is -0.123. The predicted molar refractivity (Wildman–Crippen MR) is 134 cm³/mol. The van der Waals surface area contributed by atoms with Crippen LogP contribution in [0.25, 0.3) is 16.6 Å². The van der Waals surface area contributed by atoms with E-state index >= 15 is 0 Å². The van der Waals surface area contributed by atoms with Crippen LogP contribution in [0.2, 0.25) is 0 Å². The molecule has 0 amide bonds. The average molecular weight is 433 g/mol. The summed E-state index contributed by atoms with van der Waals surface area (Å²) in [4.78, 5) is 17.9. The molecule has 2 aromatic rings. The fraction of sp³-hybridized carbons (Fsp3) is 0.586. The first kappa shape index (κ1) is 23.0. The first-order chi connectivity index (χ1) is 15.6. The van der Waals surface area contributed by atoms with Crippen LogP contribution in [0.4, 0.5) is 0 Å². The number of carbonyl (C=O) groups is 1. The van der Waals surface area contributed by atoms with Crippen LogP contribution < -0.4 is 0 Å². The van der Waals surface area contributed by atoms with E-state index in [9.17, 15) is 4.79 Å². The number of rotatable bonds is 13. The maximum absolute atomic E-state index is 12.9. The molecule has 1 heterocycles. The number of unbranched alkanes of at least 4 members (excludes halogenated alkanes) is 4. The van der Waals surface area contributed by atoms with E-state index in [-0.39, 0.29) is 5.92 Å². The fourth-order valence-electron chi connectivity index (χ4n) is 5.36. The topological polar surface area (TPSA) is 34.9 Å². The van der Waals surface area contributed by atoms with Crippen LogP contribution in [0.15, 0.2) is 42.0 Å². The van der Waals surface area contributed by atoms with E-state index in [1.54, 1.807) is 0 Å². The van der Waals surface area contributed by atoms with Gasteiger partial charge in [0, 0.05) is 19.4 Å². The van der Waals surface area contributed by atoms with E-state index in [1.165, 1.54) is 48.8 Å². The highest BCUT2D eigenvalue weighted by Gasteiger charge is 2.42. The van der Waals surface area contributed by atoms with E-state index in [4.69, 9.17) is 4.98 Å². The van der Waals surface area contributed by atoms with Crippen LogP contribution in [0.3, 0.4) is 0 Å². The summed E-state index contributed by atoms with van der Waals surface area (Å²) in [5.74, 6) is 3.17. The molecular formula is C29H40N2O. The van der Waals surface area contributed by atoms with Gasteiger partial charge in [-0.05, 0) is 61.6 Å². The highest BCUT2D eigenvalue weighted by molar-refractivity contribution is 5.82. The van der Waals surface area contributed by atoms with Crippen molar-refractivity contribution in [1.82, 2.24) is 9.55 Å². The standard InChI is InChI=1S/C29H40N2O/c1-4-6-8-9-15-28(32)22(12-7-5-2)17-16-21-18-23-20-24(23)25(19-21)29-30-26-13-10-11-14-27(26)31(29)3/h10-11,13-14,18-19,22-24H,4-9,12,15-17,20H2,1-3H3/t22-,23?,24?/m0/s1. The van der Waals surface area contributed by atoms with Gasteiger partial charge >= 0.3 is 0 Å². The van der Waals surface area contributed by atoms with E-state index in [1.807, 2.05) is 0 Å². The molecule has 2 unspecified atom stereocenters. The van der Waals surface area contributed by atoms with Gasteiger partial charge in [0.05, 0.1) is 11.0 Å². The van der Waals surface area contributed by atoms with Gasteiger partial charge in [-0.1, -0.05) is 75.8 Å². The molecule has 2 aliphatic rings. The van der Waals surface area contributed by atoms with Gasteiger partial charge in [-0.25, -0.2) is 4.98 Å². The monoisotopic (exact) mass is 432 g/mol. The molecule has 1 fully saturated rings. The molecule has 1 aromatic carbocycles. The number of ketones is 1. The van der Waals surface area contributed by atoms with Crippen molar-refractivity contribution < 1.29 is 4.79 Å². The number of carbonyl (C=O) groups excluding carboxylic acids is 1. The van der Waals surface area contributed by atoms with Crippen molar-refractivity contribution in [3.8, 4) is 0 Å². The van der Waals surface area contributed by atoms with Gasteiger partial charge in [-0.2, -0.15) is 0 Å². The molecule has 0 spiro atoms. The summed E-state index contributed by atoms with van der Waals surface area (Å²) in [6.07, 6.45) is 17.1. The van der Waals surface area contributed by atoms with Crippen molar-refractivity contribution in [2.75, 3.05) is 0 Å². The molecule has 172 valence electrons. The molecule has 4 rings (SSSR count). The molecule has 0 radical (unpaired) electrons. The van der Waals surface area contributed by atoms with Gasteiger partial charge < -0.3 is 4.57 Å². The Bertz CT molecular complexity index is 996. The lowest BCUT2D eigenvalue weighted by atomic mass is 9.87. The Morgan fingerprint density at radius 2 is 1.91 bits per heavy atom. The van der Waals surface area contributed by atoms with E-state index in [0.29, 0.717) is 17.6 Å². The largest absolute Gasteiger partial charge is 0.327 e. The smallest absolute Gasteiger partial charge is 0.137 e. The summed E-state index contributed by atoms with van der Waals surface area (Å²) in [6, 6.07) is 8.41. The molecule has 32 heavy (non-hydrogen) atoms. The first-order valence-corrected chi connectivity index (χ1v) is 13.0. The second-order valence-corrected chi connectivity index (χ2v) is 9.99. The van der Waals surface area contributed by atoms with Crippen LogP contribution in [0.5, 0.6) is 0 Å². The zero-order valence-electron chi connectivity index (χ0n) is 20.3. The summed E-state index contributed by atoms with van der Waals surface area (Å²) >= 11 is 0. The normalized spacial score (nSPS) is 20.6. The van der Waals surface area contributed by atoms with Gasteiger partial charge in [0.25, 0.3) is 0 Å². The molecule has 1 aromatic heterocycles. The van der Waals surface area contributed by atoms with E-state index in [0.717, 1.165) is 49.9 Å². The number of nitrogens with zero attached hydrogens (tertiary/aromatic N) is 2. The summed E-state index contributed by atoms with van der Waals surface area (Å²) in [6.45, 7) is 4.45. The first-order valence-electron chi connectivity index (χ1n) is 13.0. The fourth-order valence-corrected chi connectivity index (χ4v) is 5.36. The molecule has 0 bridgehead atoms. The zero-order chi connectivity index (χ0) is 22.5. The highest BCUT2D eigenvalue weighted by atomic mass is 16.1. The van der Waals surface area contributed by atoms with Crippen molar-refractivity contribution >= 4 is 22.4 Å². The Kier molecular flexibility index (Phi) is 7.65. The van der Waals surface area contributed by atoms with Gasteiger partial charge in [0.1, 0.15) is 11.6 Å². The summed E-state index contributed by atoms with van der Waals surface area (Å²) in [5.41, 5.74) is 5.10. The number of imidazole rings is 1. The number of Topliss-reactive ketones (excluding diaryl/α,β-unsaturated/α-hetero) is 1. The number of benzene rings is 1. The Hall–Kier alpha value is -2.16. The third-order valence-electron chi connectivity index (χ3n) is 7.47. The van der Waals surface area contributed by atoms with Gasteiger partial charge in [0.2, 0.25) is 0 Å². The minimum atomic E-state index is 0.238. The van der Waals surface area contributed by atoms with E-state index < -0.39 is 0 Å². The number of aromatic nitrogens is 2. The molecule has 2 aliphatic carbocycles. The summed E-state index contributed by atoms with van der Waals surface area (Å²) in [5, 5.41) is 0. The minimum Gasteiger partial charge on any atom is -0.327 e. The van der Waals surface area contributed by atoms with Crippen LogP contribution in [0, 0.1) is 17.8 Å². The number of aryl methyl sites for hydroxylation is 1. The van der Waals surface area contributed by atoms with Crippen molar-refractivity contribution in [1.29, 1.82) is 0 Å². The lowest BCUT2D eigenvalue weighted by Crippen LogP contribution is -2.15. The number of allylic oxidation sites excluding steroid dienone is 4. The van der Waals surface area contributed by atoms with Crippen LogP contribution in [-0.4, -0.2) is 15.3 Å². The van der Waals surface area contributed by atoms with Crippen molar-refractivity contribution in [3.05, 3.63) is 47.8 Å². The second-order valence-electron chi connectivity index (χ2n) is 9.99. The van der Waals surface area contributed by atoms with Crippen molar-refractivity contribution in [2.45, 2.75) is 84.5 Å². The predicted octanol–water partition coefficient (Wildman–Crippen LogP) is 7.66.